The van der Waals surface area contributed by atoms with Crippen LogP contribution in [0.5, 0.6) is 0 Å². The number of carbonyl (C=O) groups is 1. The average molecular weight is 252 g/mol. The molecule has 0 amide bonds. The van der Waals surface area contributed by atoms with Gasteiger partial charge in [0.2, 0.25) is 0 Å². The van der Waals surface area contributed by atoms with Gasteiger partial charge in [-0.05, 0) is 32.9 Å². The molecule has 1 N–H and O–H groups in total. The maximum atomic E-state index is 11.2. The molecule has 0 saturated heterocycles. The van der Waals surface area contributed by atoms with Crippen molar-refractivity contribution in [2.75, 3.05) is 0 Å². The number of carboxylic acid groups (broad SMARTS) is 1. The third kappa shape index (κ3) is 1.91. The summed E-state index contributed by atoms with van der Waals surface area (Å²) in [6.07, 6.45) is 1.79. The minimum atomic E-state index is -0.954. The molecular formula is C13H14ClNO2. The minimum Gasteiger partial charge on any atom is -0.478 e. The van der Waals surface area contributed by atoms with E-state index in [4.69, 9.17) is 16.7 Å². The van der Waals surface area contributed by atoms with E-state index < -0.39 is 5.97 Å². The first-order valence-corrected chi connectivity index (χ1v) is 5.73. The van der Waals surface area contributed by atoms with E-state index in [2.05, 4.69) is 20.8 Å². The number of fused-ring (bicyclic) bond motifs is 1. The number of carboxylic acids is 1. The highest BCUT2D eigenvalue weighted by Crippen LogP contribution is 2.32. The summed E-state index contributed by atoms with van der Waals surface area (Å²) in [5.74, 6) is -0.954. The molecule has 0 atom stereocenters. The second-order valence-corrected chi connectivity index (χ2v) is 5.43. The quantitative estimate of drug-likeness (QED) is 0.839. The molecule has 0 aliphatic heterocycles. The molecule has 0 unspecified atom stereocenters. The molecule has 0 spiro atoms. The lowest BCUT2D eigenvalue weighted by atomic mass is 10.1. The molecule has 1 aromatic carbocycles. The van der Waals surface area contributed by atoms with E-state index in [0.29, 0.717) is 10.4 Å². The van der Waals surface area contributed by atoms with Crippen molar-refractivity contribution >= 4 is 28.5 Å². The van der Waals surface area contributed by atoms with Crippen LogP contribution in [-0.2, 0) is 5.54 Å². The van der Waals surface area contributed by atoms with Crippen molar-refractivity contribution < 1.29 is 9.90 Å². The molecule has 0 aliphatic rings. The Labute approximate surface area is 105 Å². The fourth-order valence-corrected chi connectivity index (χ4v) is 2.27. The van der Waals surface area contributed by atoms with Crippen LogP contribution in [0.4, 0.5) is 0 Å². The lowest BCUT2D eigenvalue weighted by Gasteiger charge is -2.22. The summed E-state index contributed by atoms with van der Waals surface area (Å²) in [5.41, 5.74) is 0.959. The van der Waals surface area contributed by atoms with E-state index >= 15 is 0 Å². The molecule has 3 nitrogen and oxygen atoms in total. The van der Waals surface area contributed by atoms with E-state index in [9.17, 15) is 4.79 Å². The van der Waals surface area contributed by atoms with Gasteiger partial charge in [-0.25, -0.2) is 4.79 Å². The first-order valence-electron chi connectivity index (χ1n) is 5.35. The normalized spacial score (nSPS) is 12.0. The second kappa shape index (κ2) is 3.77. The Morgan fingerprint density at radius 2 is 2.00 bits per heavy atom. The van der Waals surface area contributed by atoms with E-state index in [1.807, 2.05) is 10.6 Å². The maximum absolute atomic E-state index is 11.2. The zero-order valence-electron chi connectivity index (χ0n) is 9.99. The first-order chi connectivity index (χ1) is 7.82. The molecule has 1 heterocycles. The molecule has 2 aromatic rings. The van der Waals surface area contributed by atoms with Gasteiger partial charge in [0.15, 0.2) is 0 Å². The van der Waals surface area contributed by atoms with E-state index in [1.165, 1.54) is 0 Å². The first kappa shape index (κ1) is 12.0. The van der Waals surface area contributed by atoms with Crippen LogP contribution in [0, 0.1) is 0 Å². The third-order valence-corrected chi connectivity index (χ3v) is 3.02. The Hall–Kier alpha value is -1.48. The number of aromatic nitrogens is 1. The van der Waals surface area contributed by atoms with Crippen molar-refractivity contribution in [1.82, 2.24) is 4.57 Å². The number of benzene rings is 1. The SMILES string of the molecule is CC(C)(C)n1cc(Cl)c2c(C(=O)O)cccc21. The van der Waals surface area contributed by atoms with Crippen molar-refractivity contribution in [1.29, 1.82) is 0 Å². The van der Waals surface area contributed by atoms with Crippen LogP contribution < -0.4 is 0 Å². The lowest BCUT2D eigenvalue weighted by molar-refractivity contribution is 0.0699. The molecular weight excluding hydrogens is 238 g/mol. The summed E-state index contributed by atoms with van der Waals surface area (Å²) in [6.45, 7) is 6.16. The number of halogens is 1. The van der Waals surface area contributed by atoms with Gasteiger partial charge in [0.05, 0.1) is 16.1 Å². The summed E-state index contributed by atoms with van der Waals surface area (Å²) in [5, 5.41) is 10.2. The summed E-state index contributed by atoms with van der Waals surface area (Å²) >= 11 is 6.15. The fraction of sp³-hybridized carbons (Fsp3) is 0.308. The Kier molecular flexibility index (Phi) is 2.66. The van der Waals surface area contributed by atoms with Crippen LogP contribution in [-0.4, -0.2) is 15.6 Å². The van der Waals surface area contributed by atoms with Crippen LogP contribution >= 0.6 is 11.6 Å². The molecule has 4 heteroatoms. The highest BCUT2D eigenvalue weighted by Gasteiger charge is 2.20. The smallest absolute Gasteiger partial charge is 0.336 e. The Balaban J connectivity index is 2.87. The Morgan fingerprint density at radius 1 is 1.35 bits per heavy atom. The van der Waals surface area contributed by atoms with Crippen molar-refractivity contribution in [2.24, 2.45) is 0 Å². The molecule has 0 aliphatic carbocycles. The van der Waals surface area contributed by atoms with E-state index in [1.54, 1.807) is 18.3 Å². The van der Waals surface area contributed by atoms with Gasteiger partial charge in [-0.3, -0.25) is 0 Å². The summed E-state index contributed by atoms with van der Waals surface area (Å²) in [6, 6.07) is 5.20. The van der Waals surface area contributed by atoms with Gasteiger partial charge in [-0.15, -0.1) is 0 Å². The molecule has 2 rings (SSSR count). The second-order valence-electron chi connectivity index (χ2n) is 5.02. The predicted molar refractivity (Wildman–Crippen MR) is 68.9 cm³/mol. The standard InChI is InChI=1S/C13H14ClNO2/c1-13(2,3)15-7-9(14)11-8(12(16)17)5-4-6-10(11)15/h4-7H,1-3H3,(H,16,17). The van der Waals surface area contributed by atoms with Crippen LogP contribution in [0.15, 0.2) is 24.4 Å². The highest BCUT2D eigenvalue weighted by molar-refractivity contribution is 6.36. The molecule has 0 saturated carbocycles. The molecule has 1 aromatic heterocycles. The topological polar surface area (TPSA) is 42.2 Å². The maximum Gasteiger partial charge on any atom is 0.336 e. The zero-order chi connectivity index (χ0) is 12.8. The minimum absolute atomic E-state index is 0.136. The molecule has 0 radical (unpaired) electrons. The largest absolute Gasteiger partial charge is 0.478 e. The number of aromatic carboxylic acids is 1. The fourth-order valence-electron chi connectivity index (χ4n) is 1.97. The van der Waals surface area contributed by atoms with Crippen LogP contribution in [0.2, 0.25) is 5.02 Å². The van der Waals surface area contributed by atoms with Gasteiger partial charge in [0.25, 0.3) is 0 Å². The Bertz CT molecular complexity index is 593. The van der Waals surface area contributed by atoms with Gasteiger partial charge in [0, 0.05) is 17.1 Å². The lowest BCUT2D eigenvalue weighted by Crippen LogP contribution is -2.20. The van der Waals surface area contributed by atoms with E-state index in [0.717, 1.165) is 5.52 Å². The van der Waals surface area contributed by atoms with Crippen molar-refractivity contribution in [3.63, 3.8) is 0 Å². The van der Waals surface area contributed by atoms with Crippen molar-refractivity contribution in [3.05, 3.63) is 35.0 Å². The number of hydrogen-bond acceptors (Lipinski definition) is 1. The Morgan fingerprint density at radius 3 is 2.53 bits per heavy atom. The summed E-state index contributed by atoms with van der Waals surface area (Å²) in [4.78, 5) is 11.2. The zero-order valence-corrected chi connectivity index (χ0v) is 10.7. The van der Waals surface area contributed by atoms with Crippen LogP contribution in [0.1, 0.15) is 31.1 Å². The third-order valence-electron chi connectivity index (χ3n) is 2.74. The number of hydrogen-bond donors (Lipinski definition) is 1. The molecule has 0 bridgehead atoms. The van der Waals surface area contributed by atoms with Crippen LogP contribution in [0.3, 0.4) is 0 Å². The number of nitrogens with zero attached hydrogens (tertiary/aromatic N) is 1. The van der Waals surface area contributed by atoms with Crippen molar-refractivity contribution in [3.8, 4) is 0 Å². The van der Waals surface area contributed by atoms with Crippen molar-refractivity contribution in [2.45, 2.75) is 26.3 Å². The van der Waals surface area contributed by atoms with Gasteiger partial charge in [-0.2, -0.15) is 0 Å². The molecule has 90 valence electrons. The molecule has 17 heavy (non-hydrogen) atoms. The predicted octanol–water partition coefficient (Wildman–Crippen LogP) is 3.75. The number of rotatable bonds is 1. The van der Waals surface area contributed by atoms with Gasteiger partial charge in [0.1, 0.15) is 0 Å². The van der Waals surface area contributed by atoms with Gasteiger partial charge in [-0.1, -0.05) is 17.7 Å². The van der Waals surface area contributed by atoms with Gasteiger partial charge < -0.3 is 9.67 Å². The summed E-state index contributed by atoms with van der Waals surface area (Å²) < 4.78 is 2.00. The van der Waals surface area contributed by atoms with E-state index in [-0.39, 0.29) is 11.1 Å². The monoisotopic (exact) mass is 251 g/mol. The summed E-state index contributed by atoms with van der Waals surface area (Å²) in [7, 11) is 0. The van der Waals surface area contributed by atoms with Gasteiger partial charge >= 0.3 is 5.97 Å². The van der Waals surface area contributed by atoms with Crippen LogP contribution in [0.25, 0.3) is 10.9 Å². The average Bonchev–Trinajstić information content (AvgIpc) is 2.56. The molecule has 0 fully saturated rings. The highest BCUT2D eigenvalue weighted by atomic mass is 35.5.